The van der Waals surface area contributed by atoms with E-state index in [0.717, 1.165) is 43.1 Å². The maximum absolute atomic E-state index is 13.5. The van der Waals surface area contributed by atoms with Crippen molar-refractivity contribution < 1.29 is 9.53 Å². The zero-order valence-corrected chi connectivity index (χ0v) is 20.4. The average Bonchev–Trinajstić information content (AvgIpc) is 3.27. The minimum absolute atomic E-state index is 0.00324. The zero-order chi connectivity index (χ0) is 25.2. The SMILES string of the molecule is COc1ccc(Cn2nnc3c(=O)[nH]c4cc(CCC(=O)N5CCN(C)CC5)ccc4c(=O)c32)cc1. The second kappa shape index (κ2) is 9.90. The van der Waals surface area contributed by atoms with Gasteiger partial charge in [0.05, 0.1) is 19.2 Å². The second-order valence-electron chi connectivity index (χ2n) is 9.14. The monoisotopic (exact) mass is 488 g/mol. The van der Waals surface area contributed by atoms with Gasteiger partial charge < -0.3 is 19.5 Å². The fourth-order valence-electron chi connectivity index (χ4n) is 4.53. The Balaban J connectivity index is 1.43. The Bertz CT molecular complexity index is 1530. The van der Waals surface area contributed by atoms with Crippen LogP contribution in [0.25, 0.3) is 21.9 Å². The van der Waals surface area contributed by atoms with E-state index in [1.165, 1.54) is 4.68 Å². The summed E-state index contributed by atoms with van der Waals surface area (Å²) in [7, 11) is 3.65. The van der Waals surface area contributed by atoms with E-state index in [1.54, 1.807) is 19.2 Å². The topological polar surface area (TPSA) is 113 Å². The lowest BCUT2D eigenvalue weighted by Crippen LogP contribution is -2.47. The summed E-state index contributed by atoms with van der Waals surface area (Å²) in [5.74, 6) is 0.843. The molecule has 0 spiro atoms. The van der Waals surface area contributed by atoms with Crippen LogP contribution in [-0.2, 0) is 17.8 Å². The van der Waals surface area contributed by atoms with Crippen LogP contribution >= 0.6 is 0 Å². The first-order valence-electron chi connectivity index (χ1n) is 11.9. The third-order valence-electron chi connectivity index (χ3n) is 6.72. The van der Waals surface area contributed by atoms with Gasteiger partial charge in [-0.05, 0) is 48.9 Å². The van der Waals surface area contributed by atoms with Crippen LogP contribution in [-0.4, -0.2) is 76.0 Å². The van der Waals surface area contributed by atoms with Gasteiger partial charge >= 0.3 is 0 Å². The van der Waals surface area contributed by atoms with Gasteiger partial charge in [0.25, 0.3) is 5.56 Å². The number of aromatic amines is 1. The van der Waals surface area contributed by atoms with Gasteiger partial charge in [-0.1, -0.05) is 23.4 Å². The number of amides is 1. The number of benzene rings is 2. The number of aryl methyl sites for hydroxylation is 1. The molecule has 186 valence electrons. The van der Waals surface area contributed by atoms with Crippen molar-refractivity contribution in [2.24, 2.45) is 0 Å². The van der Waals surface area contributed by atoms with E-state index in [9.17, 15) is 14.4 Å². The van der Waals surface area contributed by atoms with E-state index in [1.807, 2.05) is 35.2 Å². The molecule has 10 nitrogen and oxygen atoms in total. The normalized spacial score (nSPS) is 14.4. The van der Waals surface area contributed by atoms with E-state index in [2.05, 4.69) is 27.2 Å². The Morgan fingerprint density at radius 1 is 1.03 bits per heavy atom. The predicted molar refractivity (Wildman–Crippen MR) is 136 cm³/mol. The van der Waals surface area contributed by atoms with E-state index in [-0.39, 0.29) is 28.9 Å². The predicted octanol–water partition coefficient (Wildman–Crippen LogP) is 1.40. The number of aromatic nitrogens is 4. The number of carbonyl (C=O) groups excluding carboxylic acids is 1. The molecule has 0 unspecified atom stereocenters. The largest absolute Gasteiger partial charge is 0.497 e. The summed E-state index contributed by atoms with van der Waals surface area (Å²) < 4.78 is 6.65. The Morgan fingerprint density at radius 2 is 1.75 bits per heavy atom. The van der Waals surface area contributed by atoms with Crippen LogP contribution in [0, 0.1) is 0 Å². The molecular formula is C26H28N6O4. The molecule has 0 saturated carbocycles. The highest BCUT2D eigenvalue weighted by molar-refractivity contribution is 5.87. The molecule has 1 N–H and O–H groups in total. The summed E-state index contributed by atoms with van der Waals surface area (Å²) in [6.07, 6.45) is 0.905. The molecule has 36 heavy (non-hydrogen) atoms. The number of ether oxygens (including phenoxy) is 1. The van der Waals surface area contributed by atoms with Crippen molar-refractivity contribution in [1.29, 1.82) is 0 Å². The van der Waals surface area contributed by atoms with Crippen molar-refractivity contribution >= 4 is 27.8 Å². The lowest BCUT2D eigenvalue weighted by molar-refractivity contribution is -0.132. The molecule has 2 aromatic heterocycles. The molecule has 0 radical (unpaired) electrons. The highest BCUT2D eigenvalue weighted by Crippen LogP contribution is 2.16. The molecule has 0 bridgehead atoms. The number of nitrogens with zero attached hydrogens (tertiary/aromatic N) is 5. The Hall–Kier alpha value is -4.05. The van der Waals surface area contributed by atoms with Crippen molar-refractivity contribution in [3.63, 3.8) is 0 Å². The molecular weight excluding hydrogens is 460 g/mol. The smallest absolute Gasteiger partial charge is 0.278 e. The molecule has 1 aliphatic rings. The number of nitrogens with one attached hydrogen (secondary N) is 1. The summed E-state index contributed by atoms with van der Waals surface area (Å²) in [5.41, 5.74) is 1.53. The number of H-pyrrole nitrogens is 1. The molecule has 1 saturated heterocycles. The molecule has 0 atom stereocenters. The van der Waals surface area contributed by atoms with E-state index < -0.39 is 5.56 Å². The van der Waals surface area contributed by atoms with Gasteiger partial charge in [0.15, 0.2) is 5.52 Å². The van der Waals surface area contributed by atoms with E-state index >= 15 is 0 Å². The molecule has 10 heteroatoms. The summed E-state index contributed by atoms with van der Waals surface area (Å²) in [6, 6.07) is 12.7. The molecule has 1 fully saturated rings. The van der Waals surface area contributed by atoms with Crippen molar-refractivity contribution in [1.82, 2.24) is 29.8 Å². The molecule has 0 aliphatic carbocycles. The second-order valence-corrected chi connectivity index (χ2v) is 9.14. The minimum atomic E-state index is -0.483. The van der Waals surface area contributed by atoms with Crippen LogP contribution in [0.5, 0.6) is 5.75 Å². The van der Waals surface area contributed by atoms with Crippen molar-refractivity contribution in [2.75, 3.05) is 40.3 Å². The summed E-state index contributed by atoms with van der Waals surface area (Å²) in [6.45, 7) is 3.52. The van der Waals surface area contributed by atoms with E-state index in [0.29, 0.717) is 23.7 Å². The molecule has 1 aliphatic heterocycles. The third-order valence-corrected chi connectivity index (χ3v) is 6.72. The van der Waals surface area contributed by atoms with Crippen LogP contribution in [0.15, 0.2) is 52.1 Å². The first-order valence-corrected chi connectivity index (χ1v) is 11.9. The van der Waals surface area contributed by atoms with Crippen molar-refractivity contribution in [2.45, 2.75) is 19.4 Å². The number of rotatable bonds is 6. The Morgan fingerprint density at radius 3 is 2.47 bits per heavy atom. The van der Waals surface area contributed by atoms with Gasteiger partial charge in [-0.2, -0.15) is 0 Å². The van der Waals surface area contributed by atoms with Crippen LogP contribution in [0.2, 0.25) is 0 Å². The maximum atomic E-state index is 13.5. The van der Waals surface area contributed by atoms with Gasteiger partial charge in [0, 0.05) is 38.0 Å². The number of fused-ring (bicyclic) bond motifs is 2. The van der Waals surface area contributed by atoms with Crippen LogP contribution < -0.4 is 15.7 Å². The lowest BCUT2D eigenvalue weighted by atomic mass is 10.1. The van der Waals surface area contributed by atoms with Crippen LogP contribution in [0.1, 0.15) is 17.5 Å². The fourth-order valence-corrected chi connectivity index (χ4v) is 4.53. The molecule has 5 rings (SSSR count). The lowest BCUT2D eigenvalue weighted by Gasteiger charge is -2.32. The van der Waals surface area contributed by atoms with E-state index in [4.69, 9.17) is 4.74 Å². The Kier molecular flexibility index (Phi) is 6.51. The number of likely N-dealkylation sites (N-methyl/N-ethyl adjacent to an activating group) is 1. The minimum Gasteiger partial charge on any atom is -0.497 e. The molecule has 2 aromatic carbocycles. The summed E-state index contributed by atoms with van der Waals surface area (Å²) in [5, 5.41) is 8.45. The Labute approximate surface area is 207 Å². The number of hydrogen-bond donors (Lipinski definition) is 1. The molecule has 4 aromatic rings. The number of methoxy groups -OCH3 is 1. The standard InChI is InChI=1S/C26H28N6O4/c1-30-11-13-31(14-12-30)22(33)10-6-17-5-9-20-21(15-17)27-26(35)23-24(25(20)34)32(29-28-23)16-18-3-7-19(36-2)8-4-18/h3-5,7-9,15H,6,10-14,16H2,1-2H3,(H,27,35). The van der Waals surface area contributed by atoms with Gasteiger partial charge in [-0.3, -0.25) is 14.4 Å². The van der Waals surface area contributed by atoms with Crippen molar-refractivity contribution in [3.05, 3.63) is 74.2 Å². The fraction of sp³-hybridized carbons (Fsp3) is 0.346. The maximum Gasteiger partial charge on any atom is 0.278 e. The van der Waals surface area contributed by atoms with Crippen molar-refractivity contribution in [3.8, 4) is 5.75 Å². The first-order chi connectivity index (χ1) is 17.4. The highest BCUT2D eigenvalue weighted by atomic mass is 16.5. The van der Waals surface area contributed by atoms with Gasteiger partial charge in [-0.25, -0.2) is 4.68 Å². The number of hydrogen-bond acceptors (Lipinski definition) is 7. The first kappa shape index (κ1) is 23.7. The van der Waals surface area contributed by atoms with Crippen LogP contribution in [0.3, 0.4) is 0 Å². The zero-order valence-electron chi connectivity index (χ0n) is 20.4. The number of piperazine rings is 1. The summed E-state index contributed by atoms with van der Waals surface area (Å²) >= 11 is 0. The molecule has 1 amide bonds. The molecule has 3 heterocycles. The van der Waals surface area contributed by atoms with Crippen LogP contribution in [0.4, 0.5) is 0 Å². The van der Waals surface area contributed by atoms with Gasteiger partial charge in [0.1, 0.15) is 11.3 Å². The van der Waals surface area contributed by atoms with Gasteiger partial charge in [0.2, 0.25) is 11.3 Å². The number of carbonyl (C=O) groups is 1. The third kappa shape index (κ3) is 4.72. The average molecular weight is 489 g/mol. The summed E-state index contributed by atoms with van der Waals surface area (Å²) in [4.78, 5) is 45.9. The van der Waals surface area contributed by atoms with Gasteiger partial charge in [-0.15, -0.1) is 5.10 Å². The quantitative estimate of drug-likeness (QED) is 0.436. The highest BCUT2D eigenvalue weighted by Gasteiger charge is 2.19.